The van der Waals surface area contributed by atoms with Crippen LogP contribution in [0, 0.1) is 5.82 Å². The van der Waals surface area contributed by atoms with Crippen molar-refractivity contribution in [2.24, 2.45) is 4.99 Å². The molecular weight excluding hydrogens is 502 g/mol. The lowest BCUT2D eigenvalue weighted by molar-refractivity contribution is 0.0186. The number of rotatable bonds is 7. The molecule has 2 heterocycles. The Bertz CT molecular complexity index is 753. The summed E-state index contributed by atoms with van der Waals surface area (Å²) in [5.74, 6) is 0.625. The van der Waals surface area contributed by atoms with Gasteiger partial charge in [-0.05, 0) is 36.1 Å². The van der Waals surface area contributed by atoms with Crippen LogP contribution in [0.1, 0.15) is 23.4 Å². The van der Waals surface area contributed by atoms with Gasteiger partial charge in [0.05, 0.1) is 25.8 Å². The van der Waals surface area contributed by atoms with E-state index in [4.69, 9.17) is 9.73 Å². The van der Waals surface area contributed by atoms with Crippen LogP contribution in [0.15, 0.2) is 46.8 Å². The standard InChI is InChI=1S/C21H29FN4OS.HI/c1-3-23-21(25(2)16-17-6-4-7-18(22)14-17)24-15-19(20-8-5-13-28-20)26-9-11-27-12-10-26;/h4-8,13-14,19H,3,9-12,15-16H2,1-2H3,(H,23,24);1H. The molecule has 0 amide bonds. The summed E-state index contributed by atoms with van der Waals surface area (Å²) in [6, 6.07) is 11.3. The van der Waals surface area contributed by atoms with Crippen molar-refractivity contribution in [3.8, 4) is 0 Å². The Morgan fingerprint density at radius 2 is 2.10 bits per heavy atom. The van der Waals surface area contributed by atoms with Gasteiger partial charge in [0.1, 0.15) is 5.82 Å². The van der Waals surface area contributed by atoms with Crippen LogP contribution in [0.3, 0.4) is 0 Å². The highest BCUT2D eigenvalue weighted by Crippen LogP contribution is 2.26. The smallest absolute Gasteiger partial charge is 0.194 e. The molecule has 1 atom stereocenters. The Labute approximate surface area is 194 Å². The Morgan fingerprint density at radius 3 is 2.76 bits per heavy atom. The van der Waals surface area contributed by atoms with Crippen molar-refractivity contribution < 1.29 is 9.13 Å². The van der Waals surface area contributed by atoms with Gasteiger partial charge in [-0.15, -0.1) is 35.3 Å². The number of guanidine groups is 1. The van der Waals surface area contributed by atoms with Gasteiger partial charge >= 0.3 is 0 Å². The Balaban J connectivity index is 0.00000300. The number of nitrogens with one attached hydrogen (secondary N) is 1. The first kappa shape index (κ1) is 24.0. The minimum atomic E-state index is -0.210. The average molecular weight is 532 g/mol. The fourth-order valence-corrected chi connectivity index (χ4v) is 4.23. The molecule has 2 aromatic rings. The van der Waals surface area contributed by atoms with Crippen LogP contribution in [-0.4, -0.2) is 62.2 Å². The van der Waals surface area contributed by atoms with Gasteiger partial charge in [0.25, 0.3) is 0 Å². The molecule has 1 aromatic heterocycles. The number of thiophene rings is 1. The molecule has 1 fully saturated rings. The quantitative estimate of drug-likeness (QED) is 0.333. The lowest BCUT2D eigenvalue weighted by atomic mass is 10.2. The maximum atomic E-state index is 13.5. The lowest BCUT2D eigenvalue weighted by Gasteiger charge is -2.33. The SMILES string of the molecule is CCNC(=NCC(c1cccs1)N1CCOCC1)N(C)Cc1cccc(F)c1.I. The fraction of sp³-hybridized carbons (Fsp3) is 0.476. The number of ether oxygens (including phenoxy) is 1. The fourth-order valence-electron chi connectivity index (χ4n) is 3.38. The third-order valence-electron chi connectivity index (χ3n) is 4.78. The molecule has 0 bridgehead atoms. The van der Waals surface area contributed by atoms with Crippen molar-refractivity contribution in [1.29, 1.82) is 0 Å². The number of benzene rings is 1. The van der Waals surface area contributed by atoms with Crippen molar-refractivity contribution in [3.63, 3.8) is 0 Å². The number of halogens is 2. The molecule has 1 aromatic carbocycles. The zero-order valence-corrected chi connectivity index (χ0v) is 20.2. The van der Waals surface area contributed by atoms with Crippen LogP contribution in [-0.2, 0) is 11.3 Å². The normalized spacial score (nSPS) is 16.2. The molecule has 160 valence electrons. The predicted octanol–water partition coefficient (Wildman–Crippen LogP) is 3.98. The summed E-state index contributed by atoms with van der Waals surface area (Å²) >= 11 is 1.77. The number of nitrogens with zero attached hydrogens (tertiary/aromatic N) is 3. The van der Waals surface area contributed by atoms with Crippen LogP contribution in [0.4, 0.5) is 4.39 Å². The molecule has 1 N–H and O–H groups in total. The maximum Gasteiger partial charge on any atom is 0.194 e. The molecule has 1 unspecified atom stereocenters. The van der Waals surface area contributed by atoms with E-state index in [0.29, 0.717) is 13.1 Å². The van der Waals surface area contributed by atoms with Gasteiger partial charge in [-0.3, -0.25) is 9.89 Å². The van der Waals surface area contributed by atoms with Gasteiger partial charge in [0.15, 0.2) is 5.96 Å². The summed E-state index contributed by atoms with van der Waals surface area (Å²) in [7, 11) is 1.99. The molecule has 1 aliphatic heterocycles. The van der Waals surface area contributed by atoms with E-state index in [-0.39, 0.29) is 35.8 Å². The summed E-state index contributed by atoms with van der Waals surface area (Å²) in [5.41, 5.74) is 0.927. The van der Waals surface area contributed by atoms with Gasteiger partial charge in [0, 0.05) is 38.1 Å². The van der Waals surface area contributed by atoms with E-state index in [1.807, 2.05) is 18.0 Å². The third kappa shape index (κ3) is 7.20. The number of morpholine rings is 1. The largest absolute Gasteiger partial charge is 0.379 e. The van der Waals surface area contributed by atoms with E-state index in [0.717, 1.165) is 44.4 Å². The van der Waals surface area contributed by atoms with E-state index in [1.165, 1.54) is 10.9 Å². The molecule has 1 aliphatic rings. The second-order valence-electron chi connectivity index (χ2n) is 6.86. The van der Waals surface area contributed by atoms with E-state index < -0.39 is 0 Å². The van der Waals surface area contributed by atoms with Crippen LogP contribution in [0.2, 0.25) is 0 Å². The first-order valence-corrected chi connectivity index (χ1v) is 10.6. The second-order valence-corrected chi connectivity index (χ2v) is 7.84. The average Bonchev–Trinajstić information content (AvgIpc) is 3.22. The van der Waals surface area contributed by atoms with Crippen molar-refractivity contribution in [3.05, 3.63) is 58.0 Å². The first-order chi connectivity index (χ1) is 13.7. The van der Waals surface area contributed by atoms with Gasteiger partial charge in [-0.25, -0.2) is 4.39 Å². The number of hydrogen-bond donors (Lipinski definition) is 1. The number of aliphatic imine (C=N–C) groups is 1. The van der Waals surface area contributed by atoms with E-state index >= 15 is 0 Å². The second kappa shape index (κ2) is 12.5. The molecule has 0 radical (unpaired) electrons. The Hall–Kier alpha value is -1.23. The maximum absolute atomic E-state index is 13.5. The minimum Gasteiger partial charge on any atom is -0.379 e. The van der Waals surface area contributed by atoms with E-state index in [1.54, 1.807) is 23.5 Å². The van der Waals surface area contributed by atoms with Crippen LogP contribution in [0.5, 0.6) is 0 Å². The highest BCUT2D eigenvalue weighted by atomic mass is 127. The summed E-state index contributed by atoms with van der Waals surface area (Å²) in [5, 5.41) is 5.48. The molecule has 0 saturated carbocycles. The Morgan fingerprint density at radius 1 is 1.31 bits per heavy atom. The molecule has 0 spiro atoms. The predicted molar refractivity (Wildman–Crippen MR) is 129 cm³/mol. The van der Waals surface area contributed by atoms with Gasteiger partial charge < -0.3 is 15.0 Å². The zero-order valence-electron chi connectivity index (χ0n) is 17.0. The highest BCUT2D eigenvalue weighted by Gasteiger charge is 2.23. The summed E-state index contributed by atoms with van der Waals surface area (Å²) in [6.07, 6.45) is 0. The minimum absolute atomic E-state index is 0. The molecular formula is C21H30FIN4OS. The third-order valence-corrected chi connectivity index (χ3v) is 5.75. The van der Waals surface area contributed by atoms with Crippen LogP contribution < -0.4 is 5.32 Å². The topological polar surface area (TPSA) is 40.1 Å². The van der Waals surface area contributed by atoms with Crippen molar-refractivity contribution in [1.82, 2.24) is 15.1 Å². The zero-order chi connectivity index (χ0) is 19.8. The molecule has 8 heteroatoms. The summed E-state index contributed by atoms with van der Waals surface area (Å²) in [6.45, 7) is 7.51. The number of hydrogen-bond acceptors (Lipinski definition) is 4. The molecule has 29 heavy (non-hydrogen) atoms. The Kier molecular flexibility index (Phi) is 10.3. The van der Waals surface area contributed by atoms with Gasteiger partial charge in [-0.2, -0.15) is 0 Å². The van der Waals surface area contributed by atoms with Crippen LogP contribution >= 0.6 is 35.3 Å². The molecule has 0 aliphatic carbocycles. The van der Waals surface area contributed by atoms with E-state index in [9.17, 15) is 4.39 Å². The first-order valence-electron chi connectivity index (χ1n) is 9.76. The van der Waals surface area contributed by atoms with Crippen LogP contribution in [0.25, 0.3) is 0 Å². The van der Waals surface area contributed by atoms with Gasteiger partial charge in [-0.1, -0.05) is 18.2 Å². The van der Waals surface area contributed by atoms with Crippen molar-refractivity contribution >= 4 is 41.3 Å². The van der Waals surface area contributed by atoms with Crippen molar-refractivity contribution in [2.45, 2.75) is 19.5 Å². The summed E-state index contributed by atoms with van der Waals surface area (Å²) < 4.78 is 19.0. The van der Waals surface area contributed by atoms with Gasteiger partial charge in [0.2, 0.25) is 0 Å². The highest BCUT2D eigenvalue weighted by molar-refractivity contribution is 14.0. The molecule has 3 rings (SSSR count). The van der Waals surface area contributed by atoms with Crippen molar-refractivity contribution in [2.75, 3.05) is 46.4 Å². The molecule has 5 nitrogen and oxygen atoms in total. The summed E-state index contributed by atoms with van der Waals surface area (Å²) in [4.78, 5) is 10.8. The molecule has 1 saturated heterocycles. The monoisotopic (exact) mass is 532 g/mol. The van der Waals surface area contributed by atoms with E-state index in [2.05, 4.69) is 34.7 Å². The lowest BCUT2D eigenvalue weighted by Crippen LogP contribution is -2.42.